The molecule has 6 nitrogen and oxygen atoms in total. The molecule has 1 aliphatic carbocycles. The summed E-state index contributed by atoms with van der Waals surface area (Å²) in [6.07, 6.45) is 8.96. The molecule has 0 bridgehead atoms. The van der Waals surface area contributed by atoms with Crippen LogP contribution in [0.3, 0.4) is 0 Å². The maximum atomic E-state index is 12.6. The third kappa shape index (κ3) is 3.54. The second-order valence-corrected chi connectivity index (χ2v) is 7.35. The van der Waals surface area contributed by atoms with Gasteiger partial charge in [-0.3, -0.25) is 4.79 Å². The van der Waals surface area contributed by atoms with E-state index in [9.17, 15) is 4.79 Å². The molecule has 0 spiro atoms. The second-order valence-electron chi connectivity index (χ2n) is 7.35. The Kier molecular flexibility index (Phi) is 4.82. The molecule has 6 heteroatoms. The van der Waals surface area contributed by atoms with Gasteiger partial charge in [-0.2, -0.15) is 0 Å². The van der Waals surface area contributed by atoms with Crippen molar-refractivity contribution in [2.45, 2.75) is 44.9 Å². The van der Waals surface area contributed by atoms with Crippen LogP contribution in [-0.4, -0.2) is 38.8 Å². The number of hydrogen-bond donors (Lipinski definition) is 1. The number of piperidine rings is 1. The summed E-state index contributed by atoms with van der Waals surface area (Å²) in [5.74, 6) is 2.23. The van der Waals surface area contributed by atoms with E-state index < -0.39 is 0 Å². The number of aryl methyl sites for hydroxylation is 1. The van der Waals surface area contributed by atoms with Crippen molar-refractivity contribution in [1.82, 2.24) is 19.9 Å². The first-order valence-electron chi connectivity index (χ1n) is 9.51. The molecule has 2 fully saturated rings. The average Bonchev–Trinajstić information content (AvgIpc) is 2.63. The van der Waals surface area contributed by atoms with Gasteiger partial charge in [0.05, 0.1) is 5.69 Å². The van der Waals surface area contributed by atoms with Crippen LogP contribution in [0.4, 0.5) is 11.8 Å². The summed E-state index contributed by atoms with van der Waals surface area (Å²) in [4.78, 5) is 28.0. The van der Waals surface area contributed by atoms with Gasteiger partial charge in [0.1, 0.15) is 5.82 Å². The molecule has 1 amide bonds. The molecule has 1 N–H and O–H groups in total. The number of nitrogens with zero attached hydrogens (tertiary/aromatic N) is 4. The van der Waals surface area contributed by atoms with Crippen molar-refractivity contribution in [2.75, 3.05) is 18.4 Å². The number of anilines is 2. The van der Waals surface area contributed by atoms with E-state index in [1.54, 1.807) is 12.4 Å². The molecule has 0 unspecified atom stereocenters. The fourth-order valence-electron chi connectivity index (χ4n) is 3.71. The molecule has 1 saturated heterocycles. The highest BCUT2D eigenvalue weighted by atomic mass is 16.2. The number of likely N-dealkylation sites (tertiary alicyclic amines) is 1. The third-order valence-electron chi connectivity index (χ3n) is 5.52. The van der Waals surface area contributed by atoms with E-state index in [0.29, 0.717) is 11.9 Å². The van der Waals surface area contributed by atoms with Gasteiger partial charge in [0.15, 0.2) is 0 Å². The Balaban J connectivity index is 1.47. The van der Waals surface area contributed by atoms with Gasteiger partial charge in [0.25, 0.3) is 0 Å². The monoisotopic (exact) mass is 351 g/mol. The van der Waals surface area contributed by atoms with Gasteiger partial charge >= 0.3 is 0 Å². The van der Waals surface area contributed by atoms with E-state index >= 15 is 0 Å². The number of nitrogens with one attached hydrogen (secondary N) is 1. The summed E-state index contributed by atoms with van der Waals surface area (Å²) in [5.41, 5.74) is 2.05. The molecule has 26 heavy (non-hydrogen) atoms. The van der Waals surface area contributed by atoms with Crippen molar-refractivity contribution < 1.29 is 4.79 Å². The number of aromatic nitrogens is 3. The lowest BCUT2D eigenvalue weighted by atomic mass is 9.83. The molecule has 2 aliphatic rings. The van der Waals surface area contributed by atoms with Crippen LogP contribution < -0.4 is 5.32 Å². The zero-order chi connectivity index (χ0) is 17.9. The largest absolute Gasteiger partial charge is 0.342 e. The first-order valence-corrected chi connectivity index (χ1v) is 9.51. The Morgan fingerprint density at radius 2 is 2.04 bits per heavy atom. The normalized spacial score (nSPS) is 20.5. The number of rotatable bonds is 4. The van der Waals surface area contributed by atoms with Crippen molar-refractivity contribution in [3.05, 3.63) is 41.9 Å². The lowest BCUT2D eigenvalue weighted by molar-refractivity contribution is -0.139. The minimum atomic E-state index is 0.267. The maximum absolute atomic E-state index is 12.6. The number of carbonyl (C=O) groups excluding carboxylic acids is 1. The molecule has 0 radical (unpaired) electrons. The van der Waals surface area contributed by atoms with E-state index in [-0.39, 0.29) is 11.8 Å². The van der Waals surface area contributed by atoms with Crippen LogP contribution in [0.15, 0.2) is 30.6 Å². The summed E-state index contributed by atoms with van der Waals surface area (Å²) < 4.78 is 0. The van der Waals surface area contributed by atoms with Crippen molar-refractivity contribution in [2.24, 2.45) is 5.92 Å². The van der Waals surface area contributed by atoms with Crippen LogP contribution in [0.25, 0.3) is 0 Å². The fraction of sp³-hybridized carbons (Fsp3) is 0.500. The van der Waals surface area contributed by atoms with Gasteiger partial charge in [0, 0.05) is 37.3 Å². The van der Waals surface area contributed by atoms with Crippen LogP contribution in [0.1, 0.15) is 49.3 Å². The number of pyridine rings is 1. The van der Waals surface area contributed by atoms with E-state index in [2.05, 4.69) is 20.2 Å². The maximum Gasteiger partial charge on any atom is 0.228 e. The van der Waals surface area contributed by atoms with Crippen molar-refractivity contribution in [3.8, 4) is 0 Å². The molecular weight excluding hydrogens is 326 g/mol. The molecule has 1 aliphatic heterocycles. The summed E-state index contributed by atoms with van der Waals surface area (Å²) in [7, 11) is 0. The zero-order valence-corrected chi connectivity index (χ0v) is 15.2. The Morgan fingerprint density at radius 1 is 1.15 bits per heavy atom. The second kappa shape index (κ2) is 7.40. The first kappa shape index (κ1) is 16.9. The van der Waals surface area contributed by atoms with Gasteiger partial charge < -0.3 is 10.2 Å². The van der Waals surface area contributed by atoms with Crippen LogP contribution in [-0.2, 0) is 4.79 Å². The topological polar surface area (TPSA) is 71.0 Å². The SMILES string of the molecule is Cc1cccnc1Nc1nccc([C@@H]2CCCN(C(=O)C3CCC3)C2)n1. The smallest absolute Gasteiger partial charge is 0.228 e. The highest BCUT2D eigenvalue weighted by molar-refractivity contribution is 5.79. The van der Waals surface area contributed by atoms with Gasteiger partial charge in [-0.05, 0) is 50.3 Å². The van der Waals surface area contributed by atoms with Crippen LogP contribution in [0, 0.1) is 12.8 Å². The molecule has 3 heterocycles. The predicted octanol–water partition coefficient (Wildman–Crippen LogP) is 3.43. The molecule has 136 valence electrons. The molecule has 1 saturated carbocycles. The van der Waals surface area contributed by atoms with Crippen molar-refractivity contribution >= 4 is 17.7 Å². The van der Waals surface area contributed by atoms with Gasteiger partial charge in [0.2, 0.25) is 11.9 Å². The minimum Gasteiger partial charge on any atom is -0.342 e. The standard InChI is InChI=1S/C20H25N5O/c1-14-5-3-10-21-18(14)24-20-22-11-9-17(23-20)16-8-4-12-25(13-16)19(26)15-6-2-7-15/h3,5,9-11,15-16H,2,4,6-8,12-13H2,1H3,(H,21,22,23,24)/t16-/m1/s1. The average molecular weight is 351 g/mol. The molecule has 0 aromatic carbocycles. The molecule has 2 aromatic heterocycles. The Morgan fingerprint density at radius 3 is 2.81 bits per heavy atom. The van der Waals surface area contributed by atoms with Crippen LogP contribution in [0.2, 0.25) is 0 Å². The van der Waals surface area contributed by atoms with E-state index in [4.69, 9.17) is 4.98 Å². The summed E-state index contributed by atoms with van der Waals surface area (Å²) in [6.45, 7) is 3.66. The highest BCUT2D eigenvalue weighted by Crippen LogP contribution is 2.32. The number of amides is 1. The third-order valence-corrected chi connectivity index (χ3v) is 5.52. The fourth-order valence-corrected chi connectivity index (χ4v) is 3.71. The van der Waals surface area contributed by atoms with Crippen LogP contribution in [0.5, 0.6) is 0 Å². The Bertz CT molecular complexity index is 789. The molecule has 1 atom stereocenters. The lowest BCUT2D eigenvalue weighted by Gasteiger charge is -2.37. The minimum absolute atomic E-state index is 0.267. The molecule has 4 rings (SSSR count). The van der Waals surface area contributed by atoms with Gasteiger partial charge in [-0.15, -0.1) is 0 Å². The molecule has 2 aromatic rings. The summed E-state index contributed by atoms with van der Waals surface area (Å²) in [5, 5.41) is 3.21. The van der Waals surface area contributed by atoms with Gasteiger partial charge in [-0.1, -0.05) is 12.5 Å². The van der Waals surface area contributed by atoms with E-state index in [1.807, 2.05) is 25.1 Å². The Hall–Kier alpha value is -2.50. The first-order chi connectivity index (χ1) is 12.7. The molecular formula is C20H25N5O. The lowest BCUT2D eigenvalue weighted by Crippen LogP contribution is -2.44. The van der Waals surface area contributed by atoms with E-state index in [1.165, 1.54) is 6.42 Å². The zero-order valence-electron chi connectivity index (χ0n) is 15.2. The summed E-state index contributed by atoms with van der Waals surface area (Å²) >= 11 is 0. The van der Waals surface area contributed by atoms with Crippen molar-refractivity contribution in [3.63, 3.8) is 0 Å². The Labute approximate surface area is 154 Å². The van der Waals surface area contributed by atoms with Gasteiger partial charge in [-0.25, -0.2) is 15.0 Å². The number of hydrogen-bond acceptors (Lipinski definition) is 5. The van der Waals surface area contributed by atoms with E-state index in [0.717, 1.165) is 55.8 Å². The number of carbonyl (C=O) groups is 1. The van der Waals surface area contributed by atoms with Crippen LogP contribution >= 0.6 is 0 Å². The quantitative estimate of drug-likeness (QED) is 0.914. The highest BCUT2D eigenvalue weighted by Gasteiger charge is 2.32. The summed E-state index contributed by atoms with van der Waals surface area (Å²) in [6, 6.07) is 5.89. The predicted molar refractivity (Wildman–Crippen MR) is 100 cm³/mol. The van der Waals surface area contributed by atoms with Crippen molar-refractivity contribution in [1.29, 1.82) is 0 Å².